The second kappa shape index (κ2) is 5.72. The summed E-state index contributed by atoms with van der Waals surface area (Å²) in [5.74, 6) is -0.337. The zero-order valence-corrected chi connectivity index (χ0v) is 11.8. The molecule has 0 radical (unpaired) electrons. The number of hydrogen-bond donors (Lipinski definition) is 1. The molecule has 0 spiro atoms. The zero-order chi connectivity index (χ0) is 14.0. The van der Waals surface area contributed by atoms with Crippen LogP contribution in [-0.4, -0.2) is 9.78 Å². The van der Waals surface area contributed by atoms with Gasteiger partial charge in [0.2, 0.25) is 0 Å². The molecule has 1 heterocycles. The van der Waals surface area contributed by atoms with Crippen LogP contribution >= 0.6 is 11.6 Å². The number of rotatable bonds is 4. The van der Waals surface area contributed by atoms with E-state index in [4.69, 9.17) is 17.3 Å². The first kappa shape index (κ1) is 14.0. The van der Waals surface area contributed by atoms with Gasteiger partial charge in [-0.3, -0.25) is 4.68 Å². The minimum Gasteiger partial charge on any atom is -0.322 e. The third kappa shape index (κ3) is 3.14. The summed E-state index contributed by atoms with van der Waals surface area (Å²) in [6, 6.07) is 6.18. The number of aromatic nitrogens is 2. The molecule has 0 fully saturated rings. The molecular formula is C14H17ClFN3. The Balaban J connectivity index is 2.20. The standard InChI is InChI=1S/C14H17ClFN3/c1-3-11-8-14(19(2)18-11)13(17)6-9-4-5-10(16)7-12(9)15/h4-5,7-8,13H,3,6,17H2,1-2H3. The van der Waals surface area contributed by atoms with Gasteiger partial charge in [-0.25, -0.2) is 4.39 Å². The Bertz CT molecular complexity index is 580. The fraction of sp³-hybridized carbons (Fsp3) is 0.357. The maximum Gasteiger partial charge on any atom is 0.124 e. The highest BCUT2D eigenvalue weighted by atomic mass is 35.5. The van der Waals surface area contributed by atoms with Crippen LogP contribution in [0.2, 0.25) is 5.02 Å². The summed E-state index contributed by atoms with van der Waals surface area (Å²) in [5.41, 5.74) is 9.00. The van der Waals surface area contributed by atoms with Gasteiger partial charge in [-0.05, 0) is 36.6 Å². The van der Waals surface area contributed by atoms with Crippen LogP contribution in [0.4, 0.5) is 4.39 Å². The fourth-order valence-corrected chi connectivity index (χ4v) is 2.34. The van der Waals surface area contributed by atoms with Crippen molar-refractivity contribution in [3.63, 3.8) is 0 Å². The Morgan fingerprint density at radius 3 is 2.74 bits per heavy atom. The number of benzene rings is 1. The van der Waals surface area contributed by atoms with Crippen LogP contribution in [0.5, 0.6) is 0 Å². The largest absolute Gasteiger partial charge is 0.322 e. The van der Waals surface area contributed by atoms with E-state index in [0.29, 0.717) is 11.4 Å². The summed E-state index contributed by atoms with van der Waals surface area (Å²) in [4.78, 5) is 0. The Hall–Kier alpha value is -1.39. The van der Waals surface area contributed by atoms with Gasteiger partial charge in [0.05, 0.1) is 17.4 Å². The van der Waals surface area contributed by atoms with Gasteiger partial charge in [-0.2, -0.15) is 5.10 Å². The van der Waals surface area contributed by atoms with Gasteiger partial charge < -0.3 is 5.73 Å². The second-order valence-corrected chi connectivity index (χ2v) is 4.99. The predicted octanol–water partition coefficient (Wildman–Crippen LogP) is 3.02. The monoisotopic (exact) mass is 281 g/mol. The molecule has 1 aromatic carbocycles. The predicted molar refractivity (Wildman–Crippen MR) is 74.6 cm³/mol. The molecule has 19 heavy (non-hydrogen) atoms. The van der Waals surface area contributed by atoms with E-state index in [9.17, 15) is 4.39 Å². The van der Waals surface area contributed by atoms with Crippen molar-refractivity contribution < 1.29 is 4.39 Å². The number of halogens is 2. The molecule has 0 saturated heterocycles. The topological polar surface area (TPSA) is 43.8 Å². The molecule has 1 atom stereocenters. The van der Waals surface area contributed by atoms with Gasteiger partial charge in [0.15, 0.2) is 0 Å². The van der Waals surface area contributed by atoms with Crippen LogP contribution in [0.25, 0.3) is 0 Å². The van der Waals surface area contributed by atoms with E-state index < -0.39 is 0 Å². The average Bonchev–Trinajstić information content (AvgIpc) is 2.74. The number of aryl methyl sites for hydroxylation is 2. The smallest absolute Gasteiger partial charge is 0.124 e. The van der Waals surface area contributed by atoms with Crippen molar-refractivity contribution in [3.8, 4) is 0 Å². The summed E-state index contributed by atoms with van der Waals surface area (Å²) < 4.78 is 14.8. The Labute approximate surface area is 117 Å². The molecule has 0 saturated carbocycles. The first-order valence-electron chi connectivity index (χ1n) is 6.23. The van der Waals surface area contributed by atoms with E-state index in [1.165, 1.54) is 12.1 Å². The van der Waals surface area contributed by atoms with Crippen molar-refractivity contribution in [3.05, 3.63) is 52.1 Å². The molecule has 0 amide bonds. The first-order chi connectivity index (χ1) is 9.01. The van der Waals surface area contributed by atoms with E-state index in [-0.39, 0.29) is 11.9 Å². The average molecular weight is 282 g/mol. The normalized spacial score (nSPS) is 12.7. The van der Waals surface area contributed by atoms with Gasteiger partial charge in [0.25, 0.3) is 0 Å². The SMILES string of the molecule is CCc1cc(C(N)Cc2ccc(F)cc2Cl)n(C)n1. The molecule has 5 heteroatoms. The van der Waals surface area contributed by atoms with Crippen LogP contribution < -0.4 is 5.73 Å². The lowest BCUT2D eigenvalue weighted by molar-refractivity contribution is 0.609. The quantitative estimate of drug-likeness (QED) is 0.936. The van der Waals surface area contributed by atoms with Crippen molar-refractivity contribution >= 4 is 11.6 Å². The lowest BCUT2D eigenvalue weighted by atomic mass is 10.0. The third-order valence-corrected chi connectivity index (χ3v) is 3.52. The lowest BCUT2D eigenvalue weighted by Crippen LogP contribution is -2.17. The highest BCUT2D eigenvalue weighted by Crippen LogP contribution is 2.23. The molecule has 0 bridgehead atoms. The van der Waals surface area contributed by atoms with E-state index in [1.807, 2.05) is 13.1 Å². The molecule has 3 nitrogen and oxygen atoms in total. The van der Waals surface area contributed by atoms with E-state index in [2.05, 4.69) is 12.0 Å². The van der Waals surface area contributed by atoms with Crippen LogP contribution in [-0.2, 0) is 19.9 Å². The molecular weight excluding hydrogens is 265 g/mol. The molecule has 0 aliphatic heterocycles. The first-order valence-corrected chi connectivity index (χ1v) is 6.61. The summed E-state index contributed by atoms with van der Waals surface area (Å²) in [6.07, 6.45) is 1.43. The van der Waals surface area contributed by atoms with Gasteiger partial charge in [0, 0.05) is 12.1 Å². The summed E-state index contributed by atoms with van der Waals surface area (Å²) >= 11 is 6.02. The molecule has 2 rings (SSSR count). The Morgan fingerprint density at radius 2 is 2.16 bits per heavy atom. The van der Waals surface area contributed by atoms with Crippen molar-refractivity contribution in [2.24, 2.45) is 12.8 Å². The molecule has 1 unspecified atom stereocenters. The van der Waals surface area contributed by atoms with Gasteiger partial charge in [0.1, 0.15) is 5.82 Å². The van der Waals surface area contributed by atoms with E-state index in [0.717, 1.165) is 23.4 Å². The Morgan fingerprint density at radius 1 is 1.42 bits per heavy atom. The fourth-order valence-electron chi connectivity index (χ4n) is 2.09. The number of hydrogen-bond acceptors (Lipinski definition) is 2. The van der Waals surface area contributed by atoms with Crippen LogP contribution in [0.1, 0.15) is 29.9 Å². The maximum absolute atomic E-state index is 13.0. The minimum absolute atomic E-state index is 0.208. The van der Waals surface area contributed by atoms with E-state index >= 15 is 0 Å². The molecule has 0 aliphatic rings. The number of nitrogens with zero attached hydrogens (tertiary/aromatic N) is 2. The molecule has 2 N–H and O–H groups in total. The van der Waals surface area contributed by atoms with Crippen LogP contribution in [0.15, 0.2) is 24.3 Å². The minimum atomic E-state index is -0.337. The molecule has 102 valence electrons. The van der Waals surface area contributed by atoms with Gasteiger partial charge in [-0.1, -0.05) is 24.6 Å². The van der Waals surface area contributed by atoms with Gasteiger partial charge >= 0.3 is 0 Å². The number of nitrogens with two attached hydrogens (primary N) is 1. The van der Waals surface area contributed by atoms with Crippen molar-refractivity contribution in [2.75, 3.05) is 0 Å². The van der Waals surface area contributed by atoms with E-state index in [1.54, 1.807) is 10.7 Å². The second-order valence-electron chi connectivity index (χ2n) is 4.58. The van der Waals surface area contributed by atoms with Gasteiger partial charge in [-0.15, -0.1) is 0 Å². The summed E-state index contributed by atoms with van der Waals surface area (Å²) in [6.45, 7) is 2.05. The van der Waals surface area contributed by atoms with Crippen LogP contribution in [0, 0.1) is 5.82 Å². The van der Waals surface area contributed by atoms with Crippen LogP contribution in [0.3, 0.4) is 0 Å². The zero-order valence-electron chi connectivity index (χ0n) is 11.0. The Kier molecular flexibility index (Phi) is 4.22. The highest BCUT2D eigenvalue weighted by Gasteiger charge is 2.14. The molecule has 1 aromatic heterocycles. The van der Waals surface area contributed by atoms with Crippen molar-refractivity contribution in [1.29, 1.82) is 0 Å². The van der Waals surface area contributed by atoms with Crippen molar-refractivity contribution in [1.82, 2.24) is 9.78 Å². The molecule has 0 aliphatic carbocycles. The summed E-state index contributed by atoms with van der Waals surface area (Å²) in [7, 11) is 1.88. The maximum atomic E-state index is 13.0. The highest BCUT2D eigenvalue weighted by molar-refractivity contribution is 6.31. The third-order valence-electron chi connectivity index (χ3n) is 3.16. The lowest BCUT2D eigenvalue weighted by Gasteiger charge is -2.13. The molecule has 2 aromatic rings. The van der Waals surface area contributed by atoms with Crippen molar-refractivity contribution in [2.45, 2.75) is 25.8 Å². The summed E-state index contributed by atoms with van der Waals surface area (Å²) in [5, 5.41) is 4.78.